The maximum atomic E-state index is 12.8. The van der Waals surface area contributed by atoms with E-state index in [1.807, 2.05) is 28.2 Å². The molecule has 0 spiro atoms. The first kappa shape index (κ1) is 78.0. The Labute approximate surface area is 482 Å². The molecule has 0 fully saturated rings. The van der Waals surface area contributed by atoms with Crippen LogP contribution in [0.25, 0.3) is 0 Å². The molecule has 2 amide bonds. The van der Waals surface area contributed by atoms with Gasteiger partial charge in [0.1, 0.15) is 38.5 Å². The predicted molar refractivity (Wildman–Crippen MR) is 305 cm³/mol. The molecule has 2 N–H and O–H groups in total. The van der Waals surface area contributed by atoms with Gasteiger partial charge in [-0.3, -0.25) is 19.2 Å². The van der Waals surface area contributed by atoms with Crippen LogP contribution in [0, 0.1) is 0 Å². The Bertz CT molecular complexity index is 1550. The average molecular weight is 1130 g/mol. The van der Waals surface area contributed by atoms with Crippen LogP contribution in [0.5, 0.6) is 0 Å². The van der Waals surface area contributed by atoms with Crippen LogP contribution in [0.1, 0.15) is 240 Å². The van der Waals surface area contributed by atoms with Crippen LogP contribution in [0.3, 0.4) is 0 Å². The normalized spacial score (nSPS) is 12.4. The van der Waals surface area contributed by atoms with E-state index in [0.717, 1.165) is 174 Å². The summed E-state index contributed by atoms with van der Waals surface area (Å²) in [5.74, 6) is -0.694. The number of rotatable bonds is 52. The lowest BCUT2D eigenvalue weighted by Crippen LogP contribution is -3.00. The summed E-state index contributed by atoms with van der Waals surface area (Å²) in [6.07, 6.45) is 42.9. The summed E-state index contributed by atoms with van der Waals surface area (Å²) < 4.78 is 22.8. The van der Waals surface area contributed by atoms with Gasteiger partial charge >= 0.3 is 23.9 Å². The van der Waals surface area contributed by atoms with Crippen molar-refractivity contribution in [3.05, 3.63) is 24.3 Å². The highest BCUT2D eigenvalue weighted by atomic mass is 35.5. The number of carbonyl (C=O) groups is 6. The van der Waals surface area contributed by atoms with Crippen molar-refractivity contribution in [2.24, 2.45) is 0 Å². The molecule has 0 bridgehead atoms. The van der Waals surface area contributed by atoms with Crippen LogP contribution in [0.15, 0.2) is 24.3 Å². The maximum Gasteiger partial charge on any atom is 0.362 e. The van der Waals surface area contributed by atoms with Crippen LogP contribution >= 0.6 is 0 Å². The first-order chi connectivity index (χ1) is 36.0. The third-order valence-electron chi connectivity index (χ3n) is 13.7. The van der Waals surface area contributed by atoms with Gasteiger partial charge in [-0.05, 0) is 77.0 Å². The van der Waals surface area contributed by atoms with Crippen LogP contribution in [-0.4, -0.2) is 138 Å². The summed E-state index contributed by atoms with van der Waals surface area (Å²) in [6, 6.07) is 0. The Morgan fingerprint density at radius 3 is 1.13 bits per heavy atom. The van der Waals surface area contributed by atoms with E-state index < -0.39 is 0 Å². The fourth-order valence-corrected chi connectivity index (χ4v) is 8.88. The van der Waals surface area contributed by atoms with Crippen molar-refractivity contribution in [2.45, 2.75) is 252 Å². The summed E-state index contributed by atoms with van der Waals surface area (Å²) in [5, 5.41) is 6.21. The zero-order valence-corrected chi connectivity index (χ0v) is 51.7. The van der Waals surface area contributed by atoms with Crippen molar-refractivity contribution in [1.82, 2.24) is 10.6 Å². The van der Waals surface area contributed by atoms with Crippen molar-refractivity contribution < 1.29 is 81.5 Å². The number of ether oxygens (including phenoxy) is 4. The highest BCUT2D eigenvalue weighted by Gasteiger charge is 2.25. The topological polar surface area (TPSA) is 163 Å². The lowest BCUT2D eigenvalue weighted by Gasteiger charge is -2.29. The highest BCUT2D eigenvalue weighted by Crippen LogP contribution is 2.17. The fourth-order valence-electron chi connectivity index (χ4n) is 8.88. The second kappa shape index (κ2) is 53.4. The number of unbranched alkanes of at least 4 members (excludes halogenated alkanes) is 22. The summed E-state index contributed by atoms with van der Waals surface area (Å²) in [7, 11) is 7.78. The number of hydrogen-bond acceptors (Lipinski definition) is 10. The van der Waals surface area contributed by atoms with E-state index in [0.29, 0.717) is 34.9 Å². The highest BCUT2D eigenvalue weighted by molar-refractivity contribution is 5.76. The molecule has 77 heavy (non-hydrogen) atoms. The molecule has 0 aromatic rings. The molecule has 2 atom stereocenters. The van der Waals surface area contributed by atoms with Gasteiger partial charge in [0.2, 0.25) is 11.8 Å². The van der Waals surface area contributed by atoms with Crippen molar-refractivity contribution in [3.8, 4) is 0 Å². The Morgan fingerprint density at radius 2 is 0.753 bits per heavy atom. The maximum absolute atomic E-state index is 12.8. The molecule has 0 heterocycles. The van der Waals surface area contributed by atoms with Gasteiger partial charge in [0.15, 0.2) is 13.1 Å². The van der Waals surface area contributed by atoms with E-state index in [1.165, 1.54) is 52.4 Å². The van der Waals surface area contributed by atoms with Gasteiger partial charge in [-0.2, -0.15) is 0 Å². The van der Waals surface area contributed by atoms with Gasteiger partial charge in [-0.25, -0.2) is 9.59 Å². The lowest BCUT2D eigenvalue weighted by molar-refractivity contribution is -0.883. The first-order valence-electron chi connectivity index (χ1n) is 30.1. The molecule has 0 saturated heterocycles. The number of likely N-dealkylation sites (N-methyl/N-ethyl adjacent to an activating group) is 2. The predicted octanol–water partition coefficient (Wildman–Crippen LogP) is 6.35. The third kappa shape index (κ3) is 55.9. The van der Waals surface area contributed by atoms with E-state index in [1.54, 1.807) is 0 Å². The van der Waals surface area contributed by atoms with Gasteiger partial charge in [-0.15, -0.1) is 0 Å². The van der Waals surface area contributed by atoms with Crippen molar-refractivity contribution in [3.63, 3.8) is 0 Å². The fraction of sp³-hybridized carbons (Fsp3) is 0.836. The van der Waals surface area contributed by atoms with Crippen LogP contribution in [0.2, 0.25) is 0 Å². The number of halogens is 2. The van der Waals surface area contributed by atoms with Gasteiger partial charge in [-0.1, -0.05) is 147 Å². The largest absolute Gasteiger partial charge is 1.00 e. The molecule has 0 aliphatic rings. The molecule has 2 unspecified atom stereocenters. The summed E-state index contributed by atoms with van der Waals surface area (Å²) in [5.41, 5.74) is 0. The molecule has 0 aromatic heterocycles. The monoisotopic (exact) mass is 1130 g/mol. The number of allylic oxidation sites excluding steroid dienone is 2. The number of nitrogens with zero attached hydrogens (tertiary/aromatic N) is 2. The van der Waals surface area contributed by atoms with Crippen molar-refractivity contribution >= 4 is 35.7 Å². The van der Waals surface area contributed by atoms with Crippen molar-refractivity contribution in [1.29, 1.82) is 0 Å². The lowest BCUT2D eigenvalue weighted by atomic mass is 10.1. The molecule has 16 heteroatoms. The van der Waals surface area contributed by atoms with Crippen LogP contribution < -0.4 is 35.4 Å². The third-order valence-corrected chi connectivity index (χ3v) is 13.7. The number of hydrogen-bond donors (Lipinski definition) is 2. The Hall–Kier alpha value is -3.20. The van der Waals surface area contributed by atoms with Crippen LogP contribution in [0.4, 0.5) is 0 Å². The van der Waals surface area contributed by atoms with Gasteiger partial charge < -0.3 is 63.4 Å². The SMILES string of the molecule is CCCCCCC(CC=CCCCCCCCC(=O)NCCCCCCCCCCNC(=O)CCCCCCCC=CCC(CCCCC)OC(=O)C[N+](C)(C)CCOC(C)=O)OC(=O)C[N+](C)(C)CCOC(C)=O.[Cl-].[Cl-]. The number of nitrogens with one attached hydrogen (secondary N) is 2. The molecule has 0 rings (SSSR count). The molecule has 0 aliphatic carbocycles. The molecule has 452 valence electrons. The molecule has 14 nitrogen and oxygen atoms in total. The van der Waals surface area contributed by atoms with E-state index in [4.69, 9.17) is 18.9 Å². The zero-order valence-electron chi connectivity index (χ0n) is 50.2. The molecule has 0 saturated carbocycles. The van der Waals surface area contributed by atoms with E-state index in [-0.39, 0.29) is 99.0 Å². The van der Waals surface area contributed by atoms with Gasteiger partial charge in [0, 0.05) is 52.6 Å². The second-order valence-electron chi connectivity index (χ2n) is 22.4. The van der Waals surface area contributed by atoms with Gasteiger partial charge in [0.25, 0.3) is 0 Å². The van der Waals surface area contributed by atoms with Gasteiger partial charge in [0.05, 0.1) is 28.2 Å². The minimum atomic E-state index is -0.312. The number of carbonyl (C=O) groups excluding carboxylic acids is 6. The first-order valence-corrected chi connectivity index (χ1v) is 30.1. The van der Waals surface area contributed by atoms with E-state index >= 15 is 0 Å². The molecular formula is C61H114Cl2N4O10. The second-order valence-corrected chi connectivity index (χ2v) is 22.4. The Balaban J connectivity index is -0.0000274. The van der Waals surface area contributed by atoms with E-state index in [9.17, 15) is 28.8 Å². The molecule has 0 aliphatic heterocycles. The summed E-state index contributed by atoms with van der Waals surface area (Å²) >= 11 is 0. The summed E-state index contributed by atoms with van der Waals surface area (Å²) in [6.45, 7) is 10.9. The van der Waals surface area contributed by atoms with Crippen molar-refractivity contribution in [2.75, 3.05) is 80.7 Å². The quantitative estimate of drug-likeness (QED) is 0.0231. The number of esters is 4. The molecule has 0 aromatic carbocycles. The van der Waals surface area contributed by atoms with E-state index in [2.05, 4.69) is 48.8 Å². The minimum absolute atomic E-state index is 0. The average Bonchev–Trinajstić information content (AvgIpc) is 3.33. The zero-order chi connectivity index (χ0) is 55.7. The smallest absolute Gasteiger partial charge is 0.362 e. The molecule has 0 radical (unpaired) electrons. The minimum Gasteiger partial charge on any atom is -1.00 e. The standard InChI is InChI=1S/C61H112N4O10.2ClH/c1-9-11-13-33-41-57(75-61(71)53-65(7,8)49-51-73-55(4)67)43-35-27-21-15-17-23-29-37-45-59(69)63-47-39-31-25-19-18-24-30-38-46-62-58(68)44-36-28-22-16-14-20-26-34-42-56(40-32-12-10-2)74-60(70)52-64(5,6)48-50-72-54(3)66;;/h26-27,34-35,56-57H,9-25,28-33,36-53H2,1-8H3;2*1H. The Morgan fingerprint density at radius 1 is 0.429 bits per heavy atom. The number of quaternary nitrogens is 2. The Kier molecular flexibility index (Phi) is 54.2. The van der Waals surface area contributed by atoms with Crippen LogP contribution in [-0.2, 0) is 47.7 Å². The summed E-state index contributed by atoms with van der Waals surface area (Å²) in [4.78, 5) is 72.4. The number of amides is 2. The molecular weight excluding hydrogens is 1020 g/mol.